The van der Waals surface area contributed by atoms with Gasteiger partial charge in [-0.3, -0.25) is 4.90 Å². The third-order valence-electron chi connectivity index (χ3n) is 8.16. The monoisotopic (exact) mass is 593 g/mol. The van der Waals surface area contributed by atoms with Crippen LogP contribution < -0.4 is 16.4 Å². The second-order valence-corrected chi connectivity index (χ2v) is 12.9. The molecule has 232 valence electrons. The Labute approximate surface area is 253 Å². The minimum absolute atomic E-state index is 0.0663. The lowest BCUT2D eigenvalue weighted by atomic mass is 9.87. The number of ether oxygens (including phenoxy) is 3. The molecule has 12 nitrogen and oxygen atoms in total. The lowest BCUT2D eigenvalue weighted by Gasteiger charge is -2.32. The third-order valence-corrected chi connectivity index (χ3v) is 8.16. The zero-order valence-electron chi connectivity index (χ0n) is 26.3. The highest BCUT2D eigenvalue weighted by Gasteiger charge is 2.57. The van der Waals surface area contributed by atoms with E-state index in [9.17, 15) is 4.79 Å². The molecule has 1 aromatic heterocycles. The molecule has 3 aliphatic heterocycles. The van der Waals surface area contributed by atoms with Gasteiger partial charge in [0.25, 0.3) is 11.6 Å². The molecule has 5 rings (SSSR count). The Morgan fingerprint density at radius 3 is 2.63 bits per heavy atom. The predicted octanol–water partition coefficient (Wildman–Crippen LogP) is 4.30. The molecule has 2 saturated heterocycles. The number of aromatic nitrogens is 2. The van der Waals surface area contributed by atoms with E-state index < -0.39 is 11.9 Å². The predicted molar refractivity (Wildman–Crippen MR) is 166 cm³/mol. The van der Waals surface area contributed by atoms with Crippen LogP contribution in [0.15, 0.2) is 35.6 Å². The van der Waals surface area contributed by atoms with Crippen molar-refractivity contribution < 1.29 is 23.6 Å². The van der Waals surface area contributed by atoms with Crippen molar-refractivity contribution in [2.45, 2.75) is 96.9 Å². The van der Waals surface area contributed by atoms with E-state index in [0.717, 1.165) is 25.1 Å². The number of hydrogen-bond acceptors (Lipinski definition) is 9. The maximum atomic E-state index is 12.5. The van der Waals surface area contributed by atoms with Crippen LogP contribution in [0.3, 0.4) is 0 Å². The number of nitrogens with one attached hydrogen (secondary N) is 2. The highest BCUT2D eigenvalue weighted by atomic mass is 16.8. The minimum Gasteiger partial charge on any atom is -0.461 e. The maximum absolute atomic E-state index is 12.5. The van der Waals surface area contributed by atoms with E-state index in [2.05, 4.69) is 77.2 Å². The van der Waals surface area contributed by atoms with Crippen LogP contribution in [0.1, 0.15) is 66.9 Å². The molecule has 0 bridgehead atoms. The largest absolute Gasteiger partial charge is 0.461 e. The Kier molecular flexibility index (Phi) is 8.73. The smallest absolute Gasteiger partial charge is 0.319 e. The molecule has 2 amide bonds. The number of aliphatic imine (C=N–C) groups is 1. The van der Waals surface area contributed by atoms with Gasteiger partial charge in [0.2, 0.25) is 6.34 Å². The van der Waals surface area contributed by atoms with E-state index in [1.54, 1.807) is 10.9 Å². The molecule has 4 heterocycles. The summed E-state index contributed by atoms with van der Waals surface area (Å²) in [5.74, 6) is 0.684. The number of carbonyl (C=O) groups is 1. The highest BCUT2D eigenvalue weighted by Crippen LogP contribution is 2.40. The van der Waals surface area contributed by atoms with Gasteiger partial charge < -0.3 is 30.6 Å². The molecular formula is C31H45N8O4+. The summed E-state index contributed by atoms with van der Waals surface area (Å²) in [6.45, 7) is 16.7. The first-order valence-electron chi connectivity index (χ1n) is 15.1. The van der Waals surface area contributed by atoms with Crippen molar-refractivity contribution in [1.29, 1.82) is 0 Å². The van der Waals surface area contributed by atoms with Gasteiger partial charge in [0.1, 0.15) is 12.2 Å². The lowest BCUT2D eigenvalue weighted by molar-refractivity contribution is -0.317. The molecule has 0 aliphatic carbocycles. The van der Waals surface area contributed by atoms with Gasteiger partial charge in [0.15, 0.2) is 24.0 Å². The minimum atomic E-state index is -0.765. The van der Waals surface area contributed by atoms with Gasteiger partial charge in [-0.1, -0.05) is 49.8 Å². The average Bonchev–Trinajstić information content (AvgIpc) is 3.61. The van der Waals surface area contributed by atoms with E-state index in [4.69, 9.17) is 19.9 Å². The van der Waals surface area contributed by atoms with Gasteiger partial charge in [-0.05, 0) is 56.7 Å². The van der Waals surface area contributed by atoms with E-state index in [1.807, 2.05) is 26.0 Å². The van der Waals surface area contributed by atoms with E-state index in [0.29, 0.717) is 42.4 Å². The number of carbonyl (C=O) groups excluding carboxylic acids is 1. The van der Waals surface area contributed by atoms with Crippen molar-refractivity contribution in [3.05, 3.63) is 36.2 Å². The average molecular weight is 594 g/mol. The number of amides is 2. The van der Waals surface area contributed by atoms with Crippen LogP contribution in [-0.2, 0) is 19.6 Å². The summed E-state index contributed by atoms with van der Waals surface area (Å²) in [7, 11) is 0. The summed E-state index contributed by atoms with van der Waals surface area (Å²) in [5.41, 5.74) is 8.60. The van der Waals surface area contributed by atoms with Crippen molar-refractivity contribution in [1.82, 2.24) is 20.2 Å². The molecule has 43 heavy (non-hydrogen) atoms. The second kappa shape index (κ2) is 12.2. The van der Waals surface area contributed by atoms with Crippen LogP contribution in [0.4, 0.5) is 27.8 Å². The third kappa shape index (κ3) is 6.81. The summed E-state index contributed by atoms with van der Waals surface area (Å²) in [6, 6.07) is 8.08. The van der Waals surface area contributed by atoms with Crippen LogP contribution in [-0.4, -0.2) is 87.5 Å². The molecule has 1 aromatic carbocycles. The fourth-order valence-corrected chi connectivity index (χ4v) is 5.58. The maximum Gasteiger partial charge on any atom is 0.319 e. The molecule has 0 spiro atoms. The topological polar surface area (TPSA) is 139 Å². The van der Waals surface area contributed by atoms with Crippen molar-refractivity contribution in [3.63, 3.8) is 0 Å². The number of nitrogen functional groups attached to an aromatic ring is 1. The van der Waals surface area contributed by atoms with Crippen LogP contribution in [0.2, 0.25) is 0 Å². The number of benzene rings is 1. The molecule has 0 saturated carbocycles. The van der Waals surface area contributed by atoms with Crippen molar-refractivity contribution in [2.24, 2.45) is 4.99 Å². The molecular weight excluding hydrogens is 548 g/mol. The molecule has 2 fully saturated rings. The number of hydrogen-bond donors (Lipinski definition) is 3. The Balaban J connectivity index is 1.21. The quantitative estimate of drug-likeness (QED) is 0.289. The van der Waals surface area contributed by atoms with Crippen molar-refractivity contribution in [3.8, 4) is 0 Å². The molecule has 4 N–H and O–H groups in total. The number of nitrogens with zero attached hydrogens (tertiary/aromatic N) is 5. The number of urea groups is 1. The SMILES string of the molecule is CCC(C)N(CCCNC(=O)Nc1ccc(C(C)(C)C)cc1)CC1OC(=[N+]2C=Nc3c(N)ncnc32)C2OC(C)(C)OC12. The fourth-order valence-electron chi connectivity index (χ4n) is 5.58. The number of anilines is 2. The molecule has 2 aromatic rings. The van der Waals surface area contributed by atoms with Crippen LogP contribution in [0, 0.1) is 0 Å². The highest BCUT2D eigenvalue weighted by molar-refractivity contribution is 5.89. The normalized spacial score (nSPS) is 24.5. The summed E-state index contributed by atoms with van der Waals surface area (Å²) < 4.78 is 21.0. The number of fused-ring (bicyclic) bond motifs is 2. The second-order valence-electron chi connectivity index (χ2n) is 12.9. The van der Waals surface area contributed by atoms with E-state index >= 15 is 0 Å². The van der Waals surface area contributed by atoms with Gasteiger partial charge in [-0.2, -0.15) is 9.56 Å². The Morgan fingerprint density at radius 1 is 1.19 bits per heavy atom. The summed E-state index contributed by atoms with van der Waals surface area (Å²) in [4.78, 5) is 27.8. The van der Waals surface area contributed by atoms with Crippen molar-refractivity contribution in [2.75, 3.05) is 30.7 Å². The van der Waals surface area contributed by atoms with E-state index in [-0.39, 0.29) is 23.7 Å². The number of nitrogens with two attached hydrogens (primary N) is 1. The first-order valence-corrected chi connectivity index (χ1v) is 15.1. The first-order chi connectivity index (χ1) is 20.4. The lowest BCUT2D eigenvalue weighted by Crippen LogP contribution is -2.44. The first kappa shape index (κ1) is 30.8. The molecule has 0 radical (unpaired) electrons. The molecule has 3 aliphatic rings. The van der Waals surface area contributed by atoms with Gasteiger partial charge >= 0.3 is 11.8 Å². The summed E-state index contributed by atoms with van der Waals surface area (Å²) in [6.07, 6.45) is 3.81. The van der Waals surface area contributed by atoms with Gasteiger partial charge in [0.05, 0.1) is 0 Å². The van der Waals surface area contributed by atoms with E-state index in [1.165, 1.54) is 11.9 Å². The Bertz CT molecular complexity index is 1390. The Morgan fingerprint density at radius 2 is 1.93 bits per heavy atom. The molecule has 4 atom stereocenters. The van der Waals surface area contributed by atoms with Crippen LogP contribution >= 0.6 is 0 Å². The van der Waals surface area contributed by atoms with Crippen molar-refractivity contribution >= 4 is 41.3 Å². The number of rotatable bonds is 9. The molecule has 4 unspecified atom stereocenters. The zero-order chi connectivity index (χ0) is 30.9. The Hall–Kier alpha value is -3.61. The van der Waals surface area contributed by atoms with Gasteiger partial charge in [0, 0.05) is 31.4 Å². The summed E-state index contributed by atoms with van der Waals surface area (Å²) >= 11 is 0. The van der Waals surface area contributed by atoms with Crippen LogP contribution in [0.5, 0.6) is 0 Å². The van der Waals surface area contributed by atoms with Crippen LogP contribution in [0.25, 0.3) is 0 Å². The summed E-state index contributed by atoms with van der Waals surface area (Å²) in [5, 5.41) is 5.91. The van der Waals surface area contributed by atoms with Gasteiger partial charge in [-0.25, -0.2) is 4.79 Å². The standard InChI is InChI=1S/C31H44N8O4/c1-8-19(2)38(15-9-14-33-29(40)37-21-12-10-20(11-13-21)30(3,4)5)16-22-24-25(43-31(6,7)42-24)28(41-22)39-18-36-23-26(32)34-17-35-27(23)39/h10-13,17-19,22,24-25H,8-9,14-16H2,1-7H3,(H3-,32,33,34,35,37,40)/p+1. The van der Waals surface area contributed by atoms with Gasteiger partial charge in [-0.15, -0.1) is 0 Å². The molecule has 12 heteroatoms. The fraction of sp³-hybridized carbons (Fsp3) is 0.581. The zero-order valence-corrected chi connectivity index (χ0v) is 26.3.